The fourth-order valence-corrected chi connectivity index (χ4v) is 3.05. The maximum Gasteiger partial charge on any atom is 0.421 e. The molecule has 3 rings (SSSR count). The first-order chi connectivity index (χ1) is 14.5. The Balaban J connectivity index is 1.77. The molecule has 0 unspecified atom stereocenters. The van der Waals surface area contributed by atoms with Gasteiger partial charge in [0.1, 0.15) is 17.6 Å². The number of nitrogens with zero attached hydrogens (tertiary/aromatic N) is 3. The summed E-state index contributed by atoms with van der Waals surface area (Å²) >= 11 is 0. The summed E-state index contributed by atoms with van der Waals surface area (Å²) in [6.45, 7) is 2.60. The zero-order valence-electron chi connectivity index (χ0n) is 16.7. The molecular weight excluding hydrogens is 427 g/mol. The van der Waals surface area contributed by atoms with Crippen molar-refractivity contribution in [2.24, 2.45) is 5.41 Å². The van der Waals surface area contributed by atoms with E-state index in [-0.39, 0.29) is 24.8 Å². The highest BCUT2D eigenvalue weighted by Crippen LogP contribution is 2.43. The maximum atomic E-state index is 13.4. The van der Waals surface area contributed by atoms with Crippen LogP contribution in [0.3, 0.4) is 0 Å². The summed E-state index contributed by atoms with van der Waals surface area (Å²) < 4.78 is 69.9. The average Bonchev–Trinajstić information content (AvgIpc) is 2.70. The summed E-state index contributed by atoms with van der Waals surface area (Å²) in [6.07, 6.45) is -4.36. The molecule has 2 atom stereocenters. The number of H-pyrrole nitrogens is 1. The van der Waals surface area contributed by atoms with Crippen molar-refractivity contribution in [1.29, 1.82) is 0 Å². The molecule has 1 fully saturated rings. The molecule has 0 aromatic carbocycles. The van der Waals surface area contributed by atoms with Crippen LogP contribution in [-0.2, 0) is 12.7 Å². The quantitative estimate of drug-likeness (QED) is 0.532. The number of anilines is 2. The molecule has 13 heteroatoms. The number of alkyl halides is 5. The minimum absolute atomic E-state index is 0.0403. The van der Waals surface area contributed by atoms with Crippen LogP contribution in [0.15, 0.2) is 18.7 Å². The molecule has 0 radical (unpaired) electrons. The summed E-state index contributed by atoms with van der Waals surface area (Å²) in [6, 6.07) is -0.409. The van der Waals surface area contributed by atoms with Crippen LogP contribution in [0.5, 0.6) is 5.88 Å². The molecule has 2 aromatic rings. The molecule has 31 heavy (non-hydrogen) atoms. The SMILES string of the molecule is CC1(C)[C@@H](O)C[C@H]1Nc1nc(NCc2c[nH+]cnc2OCC(F)F)ncc1C(F)(F)F. The van der Waals surface area contributed by atoms with Crippen molar-refractivity contribution in [2.45, 2.75) is 51.6 Å². The Morgan fingerprint density at radius 2 is 2.06 bits per heavy atom. The van der Waals surface area contributed by atoms with E-state index in [4.69, 9.17) is 4.74 Å². The highest BCUT2D eigenvalue weighted by molar-refractivity contribution is 5.50. The second kappa shape index (κ2) is 8.73. The summed E-state index contributed by atoms with van der Waals surface area (Å²) in [5, 5.41) is 15.3. The lowest BCUT2D eigenvalue weighted by atomic mass is 9.64. The standard InChI is InChI=1S/C18H21F5N6O2/c1-17(2)11(3-12(17)30)28-14-10(18(21,22)23)6-26-16(29-14)25-5-9-4-24-8-27-15(9)31-7-13(19)20/h4,6,8,11-13,30H,3,5,7H2,1-2H3,(H2,25,26,28,29)/p+1/t11-,12+/m1/s1. The Labute approximate surface area is 174 Å². The Morgan fingerprint density at radius 3 is 2.68 bits per heavy atom. The second-order valence-electron chi connectivity index (χ2n) is 7.68. The second-order valence-corrected chi connectivity index (χ2v) is 7.68. The Hall–Kier alpha value is -2.83. The lowest BCUT2D eigenvalue weighted by Crippen LogP contribution is -2.57. The number of aromatic amines is 1. The molecule has 0 amide bonds. The molecule has 0 spiro atoms. The Bertz CT molecular complexity index is 911. The van der Waals surface area contributed by atoms with Crippen LogP contribution >= 0.6 is 0 Å². The van der Waals surface area contributed by atoms with Crippen molar-refractivity contribution in [3.05, 3.63) is 29.8 Å². The van der Waals surface area contributed by atoms with Gasteiger partial charge in [-0.05, 0) is 11.4 Å². The highest BCUT2D eigenvalue weighted by Gasteiger charge is 2.48. The summed E-state index contributed by atoms with van der Waals surface area (Å²) in [5.41, 5.74) is -1.31. The van der Waals surface area contributed by atoms with Crippen molar-refractivity contribution in [3.8, 4) is 5.88 Å². The van der Waals surface area contributed by atoms with Gasteiger partial charge in [0.15, 0.2) is 6.61 Å². The number of aliphatic hydroxyl groups excluding tert-OH is 1. The third-order valence-corrected chi connectivity index (χ3v) is 5.19. The minimum Gasteiger partial charge on any atom is -0.453 e. The van der Waals surface area contributed by atoms with Gasteiger partial charge >= 0.3 is 12.1 Å². The van der Waals surface area contributed by atoms with Crippen LogP contribution in [0.4, 0.5) is 33.7 Å². The minimum atomic E-state index is -4.68. The average molecular weight is 449 g/mol. The molecule has 8 nitrogen and oxygen atoms in total. The van der Waals surface area contributed by atoms with Crippen LogP contribution in [0.1, 0.15) is 31.4 Å². The van der Waals surface area contributed by atoms with Crippen molar-refractivity contribution in [2.75, 3.05) is 17.2 Å². The van der Waals surface area contributed by atoms with E-state index < -0.39 is 48.2 Å². The van der Waals surface area contributed by atoms with Gasteiger partial charge in [-0.15, -0.1) is 0 Å². The number of aromatic nitrogens is 4. The molecule has 2 aromatic heterocycles. The summed E-state index contributed by atoms with van der Waals surface area (Å²) in [5.74, 6) is -0.583. The lowest BCUT2D eigenvalue weighted by molar-refractivity contribution is -0.383. The monoisotopic (exact) mass is 449 g/mol. The van der Waals surface area contributed by atoms with Gasteiger partial charge < -0.3 is 20.5 Å². The van der Waals surface area contributed by atoms with Crippen molar-refractivity contribution in [1.82, 2.24) is 15.0 Å². The molecule has 1 aliphatic carbocycles. The van der Waals surface area contributed by atoms with E-state index in [0.29, 0.717) is 11.8 Å². The Morgan fingerprint density at radius 1 is 1.32 bits per heavy atom. The van der Waals surface area contributed by atoms with E-state index in [2.05, 4.69) is 30.6 Å². The van der Waals surface area contributed by atoms with Gasteiger partial charge in [-0.1, -0.05) is 13.8 Å². The van der Waals surface area contributed by atoms with Gasteiger partial charge in [0, 0.05) is 17.7 Å². The van der Waals surface area contributed by atoms with Crippen molar-refractivity contribution in [3.63, 3.8) is 0 Å². The van der Waals surface area contributed by atoms with E-state index in [0.717, 1.165) is 0 Å². The van der Waals surface area contributed by atoms with Gasteiger partial charge in [-0.2, -0.15) is 18.2 Å². The molecule has 0 aliphatic heterocycles. The third-order valence-electron chi connectivity index (χ3n) is 5.19. The topological polar surface area (TPSA) is 106 Å². The van der Waals surface area contributed by atoms with Gasteiger partial charge in [0.05, 0.1) is 18.2 Å². The van der Waals surface area contributed by atoms with E-state index in [1.54, 1.807) is 13.8 Å². The molecular formula is C18H22F5N6O2+. The number of ether oxygens (including phenoxy) is 1. The molecule has 2 heterocycles. The number of aliphatic hydroxyl groups is 1. The van der Waals surface area contributed by atoms with Gasteiger partial charge in [-0.3, -0.25) is 0 Å². The van der Waals surface area contributed by atoms with Crippen LogP contribution < -0.4 is 20.4 Å². The molecule has 170 valence electrons. The van der Waals surface area contributed by atoms with Crippen LogP contribution in [0.25, 0.3) is 0 Å². The van der Waals surface area contributed by atoms with Crippen LogP contribution in [0, 0.1) is 5.41 Å². The van der Waals surface area contributed by atoms with E-state index in [9.17, 15) is 27.1 Å². The number of hydrogen-bond donors (Lipinski definition) is 3. The third kappa shape index (κ3) is 5.27. The first-order valence-corrected chi connectivity index (χ1v) is 9.37. The molecule has 0 bridgehead atoms. The Kier molecular flexibility index (Phi) is 6.43. The molecule has 1 saturated carbocycles. The predicted molar refractivity (Wildman–Crippen MR) is 98.5 cm³/mol. The van der Waals surface area contributed by atoms with E-state index >= 15 is 0 Å². The molecule has 1 aliphatic rings. The molecule has 0 saturated heterocycles. The maximum absolute atomic E-state index is 13.4. The van der Waals surface area contributed by atoms with Crippen LogP contribution in [-0.4, -0.2) is 45.2 Å². The van der Waals surface area contributed by atoms with Crippen molar-refractivity contribution >= 4 is 11.8 Å². The highest BCUT2D eigenvalue weighted by atomic mass is 19.4. The lowest BCUT2D eigenvalue weighted by Gasteiger charge is -2.49. The van der Waals surface area contributed by atoms with Crippen molar-refractivity contribution < 1.29 is 36.8 Å². The number of hydrogen-bond acceptors (Lipinski definition) is 7. The van der Waals surface area contributed by atoms with E-state index in [1.807, 2.05) is 0 Å². The molecule has 4 N–H and O–H groups in total. The number of nitrogens with one attached hydrogen (secondary N) is 3. The summed E-state index contributed by atoms with van der Waals surface area (Å²) in [4.78, 5) is 14.2. The number of rotatable bonds is 8. The summed E-state index contributed by atoms with van der Waals surface area (Å²) in [7, 11) is 0. The predicted octanol–water partition coefficient (Wildman–Crippen LogP) is 2.53. The first-order valence-electron chi connectivity index (χ1n) is 9.37. The smallest absolute Gasteiger partial charge is 0.421 e. The van der Waals surface area contributed by atoms with Crippen LogP contribution in [0.2, 0.25) is 0 Å². The van der Waals surface area contributed by atoms with Gasteiger partial charge in [0.25, 0.3) is 12.8 Å². The first kappa shape index (κ1) is 22.8. The fourth-order valence-electron chi connectivity index (χ4n) is 3.05. The number of halogens is 5. The zero-order valence-corrected chi connectivity index (χ0v) is 16.7. The zero-order chi connectivity index (χ0) is 22.8. The van der Waals surface area contributed by atoms with Gasteiger partial charge in [-0.25, -0.2) is 18.7 Å². The normalized spacial score (nSPS) is 20.3. The van der Waals surface area contributed by atoms with Gasteiger partial charge in [0.2, 0.25) is 5.95 Å². The van der Waals surface area contributed by atoms with E-state index in [1.165, 1.54) is 12.5 Å². The largest absolute Gasteiger partial charge is 0.453 e. The fraction of sp³-hybridized carbons (Fsp3) is 0.556.